The van der Waals surface area contributed by atoms with Crippen molar-refractivity contribution in [1.29, 1.82) is 0 Å². The predicted octanol–water partition coefficient (Wildman–Crippen LogP) is 2.67. The first-order chi connectivity index (χ1) is 10.1. The van der Waals surface area contributed by atoms with E-state index in [1.165, 1.54) is 4.68 Å². The van der Waals surface area contributed by atoms with Crippen molar-refractivity contribution in [2.45, 2.75) is 13.8 Å². The number of halogens is 1. The van der Waals surface area contributed by atoms with Gasteiger partial charge >= 0.3 is 0 Å². The number of hydrogen-bond donors (Lipinski definition) is 1. The Balaban J connectivity index is 2.20. The van der Waals surface area contributed by atoms with E-state index in [9.17, 15) is 4.39 Å². The summed E-state index contributed by atoms with van der Waals surface area (Å²) < 4.78 is 15.9. The number of nitrogen functional groups attached to an aromatic ring is 1. The van der Waals surface area contributed by atoms with Crippen LogP contribution in [0.4, 0.5) is 10.1 Å². The number of benzene rings is 2. The fourth-order valence-electron chi connectivity index (χ4n) is 2.25. The Bertz CT molecular complexity index is 810. The quantitative estimate of drug-likeness (QED) is 0.734. The van der Waals surface area contributed by atoms with Crippen LogP contribution >= 0.6 is 0 Å². The number of hydrogen-bond acceptors (Lipinski definition) is 4. The second-order valence-electron chi connectivity index (χ2n) is 4.95. The standard InChI is InChI=1S/C15H14FN5/c1-9-4-3-5-12(6-9)21-15(18-19-20-21)13-8-11(17)7-10(2)14(13)16/h3-8H,17H2,1-2H3. The van der Waals surface area contributed by atoms with E-state index in [1.54, 1.807) is 19.1 Å². The molecular weight excluding hydrogens is 269 g/mol. The molecule has 6 heteroatoms. The van der Waals surface area contributed by atoms with Crippen LogP contribution in [0.25, 0.3) is 17.1 Å². The van der Waals surface area contributed by atoms with Crippen molar-refractivity contribution in [2.75, 3.05) is 5.73 Å². The Hall–Kier alpha value is -2.76. The first-order valence-corrected chi connectivity index (χ1v) is 6.47. The van der Waals surface area contributed by atoms with Crippen LogP contribution in [0.1, 0.15) is 11.1 Å². The zero-order chi connectivity index (χ0) is 15.0. The van der Waals surface area contributed by atoms with Crippen molar-refractivity contribution in [2.24, 2.45) is 0 Å². The molecule has 0 aliphatic heterocycles. The van der Waals surface area contributed by atoms with E-state index >= 15 is 0 Å². The lowest BCUT2D eigenvalue weighted by Crippen LogP contribution is -2.03. The third-order valence-electron chi connectivity index (χ3n) is 3.23. The van der Waals surface area contributed by atoms with Crippen LogP contribution in [0.15, 0.2) is 36.4 Å². The Morgan fingerprint density at radius 3 is 2.71 bits per heavy atom. The molecule has 0 fully saturated rings. The van der Waals surface area contributed by atoms with Gasteiger partial charge in [0.2, 0.25) is 0 Å². The van der Waals surface area contributed by atoms with Gasteiger partial charge in [-0.05, 0) is 59.7 Å². The van der Waals surface area contributed by atoms with E-state index in [4.69, 9.17) is 5.73 Å². The molecule has 0 radical (unpaired) electrons. The third kappa shape index (κ3) is 2.35. The molecule has 106 valence electrons. The van der Waals surface area contributed by atoms with E-state index in [0.29, 0.717) is 22.6 Å². The summed E-state index contributed by atoms with van der Waals surface area (Å²) in [5.41, 5.74) is 8.87. The number of rotatable bonds is 2. The maximum absolute atomic E-state index is 14.4. The SMILES string of the molecule is Cc1cccc(-n2nnnc2-c2cc(N)cc(C)c2F)c1. The highest BCUT2D eigenvalue weighted by molar-refractivity contribution is 5.65. The maximum atomic E-state index is 14.4. The molecule has 3 rings (SSSR count). The van der Waals surface area contributed by atoms with E-state index < -0.39 is 0 Å². The van der Waals surface area contributed by atoms with Crippen molar-refractivity contribution in [1.82, 2.24) is 20.2 Å². The molecule has 2 aromatic carbocycles. The van der Waals surface area contributed by atoms with Crippen LogP contribution in [0.5, 0.6) is 0 Å². The van der Waals surface area contributed by atoms with E-state index in [0.717, 1.165) is 11.3 Å². The number of tetrazole rings is 1. The number of anilines is 1. The lowest BCUT2D eigenvalue weighted by molar-refractivity contribution is 0.620. The molecule has 3 aromatic rings. The van der Waals surface area contributed by atoms with Crippen LogP contribution in [0.2, 0.25) is 0 Å². The molecule has 0 aliphatic rings. The molecule has 1 heterocycles. The lowest BCUT2D eigenvalue weighted by Gasteiger charge is -2.08. The van der Waals surface area contributed by atoms with Crippen LogP contribution in [0.3, 0.4) is 0 Å². The minimum Gasteiger partial charge on any atom is -0.399 e. The number of aromatic nitrogens is 4. The predicted molar refractivity (Wildman–Crippen MR) is 78.4 cm³/mol. The molecule has 1 aromatic heterocycles. The maximum Gasteiger partial charge on any atom is 0.190 e. The van der Waals surface area contributed by atoms with E-state index in [1.807, 2.05) is 31.2 Å². The molecule has 0 spiro atoms. The Morgan fingerprint density at radius 2 is 1.95 bits per heavy atom. The first kappa shape index (κ1) is 13.2. The average Bonchev–Trinajstić information content (AvgIpc) is 2.92. The van der Waals surface area contributed by atoms with Gasteiger partial charge in [0.15, 0.2) is 5.82 Å². The third-order valence-corrected chi connectivity index (χ3v) is 3.23. The molecule has 0 saturated carbocycles. The second kappa shape index (κ2) is 4.97. The van der Waals surface area contributed by atoms with Gasteiger partial charge in [0, 0.05) is 5.69 Å². The summed E-state index contributed by atoms with van der Waals surface area (Å²) in [7, 11) is 0. The van der Waals surface area contributed by atoms with Crippen molar-refractivity contribution in [3.8, 4) is 17.1 Å². The number of nitrogens with two attached hydrogens (primary N) is 1. The van der Waals surface area contributed by atoms with Gasteiger partial charge in [0.1, 0.15) is 5.82 Å². The average molecular weight is 283 g/mol. The summed E-state index contributed by atoms with van der Waals surface area (Å²) in [6.45, 7) is 3.63. The normalized spacial score (nSPS) is 10.8. The van der Waals surface area contributed by atoms with Crippen LogP contribution < -0.4 is 5.73 Å². The first-order valence-electron chi connectivity index (χ1n) is 6.47. The van der Waals surface area contributed by atoms with Gasteiger partial charge in [-0.1, -0.05) is 12.1 Å². The Labute approximate surface area is 121 Å². The Kier molecular flexibility index (Phi) is 3.13. The molecule has 0 atom stereocenters. The van der Waals surface area contributed by atoms with E-state index in [2.05, 4.69) is 15.5 Å². The lowest BCUT2D eigenvalue weighted by atomic mass is 10.1. The topological polar surface area (TPSA) is 69.6 Å². The van der Waals surface area contributed by atoms with Gasteiger partial charge in [-0.2, -0.15) is 4.68 Å². The molecular formula is C15H14FN5. The zero-order valence-corrected chi connectivity index (χ0v) is 11.7. The van der Waals surface area contributed by atoms with Crippen molar-refractivity contribution in [3.05, 3.63) is 53.3 Å². The smallest absolute Gasteiger partial charge is 0.190 e. The number of aryl methyl sites for hydroxylation is 2. The van der Waals surface area contributed by atoms with Gasteiger partial charge in [-0.3, -0.25) is 0 Å². The van der Waals surface area contributed by atoms with Gasteiger partial charge < -0.3 is 5.73 Å². The molecule has 0 saturated heterocycles. The fraction of sp³-hybridized carbons (Fsp3) is 0.133. The summed E-state index contributed by atoms with van der Waals surface area (Å²) in [5.74, 6) is -0.0404. The zero-order valence-electron chi connectivity index (χ0n) is 11.7. The van der Waals surface area contributed by atoms with Crippen LogP contribution in [-0.2, 0) is 0 Å². The van der Waals surface area contributed by atoms with Crippen LogP contribution in [0, 0.1) is 19.7 Å². The van der Waals surface area contributed by atoms with Gasteiger partial charge in [0.05, 0.1) is 11.3 Å². The van der Waals surface area contributed by atoms with Crippen molar-refractivity contribution < 1.29 is 4.39 Å². The highest BCUT2D eigenvalue weighted by Crippen LogP contribution is 2.27. The summed E-state index contributed by atoms with van der Waals surface area (Å²) in [6.07, 6.45) is 0. The summed E-state index contributed by atoms with van der Waals surface area (Å²) >= 11 is 0. The molecule has 0 amide bonds. The highest BCUT2D eigenvalue weighted by atomic mass is 19.1. The fourth-order valence-corrected chi connectivity index (χ4v) is 2.25. The van der Waals surface area contributed by atoms with Crippen molar-refractivity contribution in [3.63, 3.8) is 0 Å². The van der Waals surface area contributed by atoms with Crippen molar-refractivity contribution >= 4 is 5.69 Å². The van der Waals surface area contributed by atoms with Crippen LogP contribution in [-0.4, -0.2) is 20.2 Å². The molecule has 0 unspecified atom stereocenters. The van der Waals surface area contributed by atoms with Gasteiger partial charge in [-0.25, -0.2) is 4.39 Å². The molecule has 5 nitrogen and oxygen atoms in total. The highest BCUT2D eigenvalue weighted by Gasteiger charge is 2.17. The minimum absolute atomic E-state index is 0.291. The monoisotopic (exact) mass is 283 g/mol. The molecule has 21 heavy (non-hydrogen) atoms. The molecule has 0 aliphatic carbocycles. The largest absolute Gasteiger partial charge is 0.399 e. The molecule has 0 bridgehead atoms. The summed E-state index contributed by atoms with van der Waals surface area (Å²) in [5, 5.41) is 11.6. The van der Waals surface area contributed by atoms with Gasteiger partial charge in [-0.15, -0.1) is 5.10 Å². The summed E-state index contributed by atoms with van der Waals surface area (Å²) in [6, 6.07) is 10.8. The van der Waals surface area contributed by atoms with E-state index in [-0.39, 0.29) is 5.82 Å². The minimum atomic E-state index is -0.368. The molecule has 2 N–H and O–H groups in total. The number of nitrogens with zero attached hydrogens (tertiary/aromatic N) is 4. The second-order valence-corrected chi connectivity index (χ2v) is 4.95. The van der Waals surface area contributed by atoms with Gasteiger partial charge in [0.25, 0.3) is 0 Å². The Morgan fingerprint density at radius 1 is 1.14 bits per heavy atom. The summed E-state index contributed by atoms with van der Waals surface area (Å²) in [4.78, 5) is 0.